The minimum Gasteiger partial charge on any atom is -0.495 e. The van der Waals surface area contributed by atoms with Crippen molar-refractivity contribution < 1.29 is 22.3 Å². The lowest BCUT2D eigenvalue weighted by Crippen LogP contribution is -2.37. The number of likely N-dealkylation sites (tertiary alicyclic amines) is 1. The summed E-state index contributed by atoms with van der Waals surface area (Å²) in [7, 11) is -0.541. The number of carbonyl (C=O) groups is 1. The molecule has 1 unspecified atom stereocenters. The summed E-state index contributed by atoms with van der Waals surface area (Å²) < 4.78 is 46.8. The Morgan fingerprint density at radius 1 is 1.26 bits per heavy atom. The molecule has 1 fully saturated rings. The standard InChI is InChI=1S/C24H30FN5O4S/c1-24(2,3)35(32,33)19-14-30-17(13-27-22(30)11-18(19)34-5)16-9-20(25)28-21(10-16)26-12-15-6-7-29(4)23(31)8-15/h9-11,13-15H,6-8,12H2,1-5H3,(H,26,28). The molecule has 9 nitrogen and oxygen atoms in total. The number of ether oxygens (including phenoxy) is 1. The lowest BCUT2D eigenvalue weighted by atomic mass is 9.96. The lowest BCUT2D eigenvalue weighted by molar-refractivity contribution is -0.133. The molecule has 0 spiro atoms. The molecule has 1 saturated heterocycles. The van der Waals surface area contributed by atoms with E-state index in [2.05, 4.69) is 15.3 Å². The van der Waals surface area contributed by atoms with E-state index in [0.717, 1.165) is 6.42 Å². The van der Waals surface area contributed by atoms with Gasteiger partial charge in [0.05, 0.1) is 23.7 Å². The van der Waals surface area contributed by atoms with Gasteiger partial charge in [-0.15, -0.1) is 0 Å². The molecule has 0 saturated carbocycles. The highest BCUT2D eigenvalue weighted by atomic mass is 32.2. The van der Waals surface area contributed by atoms with Crippen LogP contribution in [0.1, 0.15) is 33.6 Å². The van der Waals surface area contributed by atoms with Crippen molar-refractivity contribution >= 4 is 27.2 Å². The minimum atomic E-state index is -3.74. The van der Waals surface area contributed by atoms with Crippen LogP contribution in [0.4, 0.5) is 10.2 Å². The third-order valence-corrected chi connectivity index (χ3v) is 8.81. The third kappa shape index (κ3) is 4.82. The number of hydrogen-bond acceptors (Lipinski definition) is 7. The fourth-order valence-corrected chi connectivity index (χ4v) is 5.37. The summed E-state index contributed by atoms with van der Waals surface area (Å²) in [6.07, 6.45) is 4.31. The van der Waals surface area contributed by atoms with Crippen LogP contribution in [0.15, 0.2) is 35.5 Å². The van der Waals surface area contributed by atoms with Crippen LogP contribution in [0.2, 0.25) is 0 Å². The number of imidazole rings is 1. The normalized spacial score (nSPS) is 17.1. The van der Waals surface area contributed by atoms with Gasteiger partial charge in [-0.25, -0.2) is 18.4 Å². The monoisotopic (exact) mass is 503 g/mol. The molecule has 0 aliphatic carbocycles. The quantitative estimate of drug-likeness (QED) is 0.514. The summed E-state index contributed by atoms with van der Waals surface area (Å²) in [6, 6.07) is 4.51. The van der Waals surface area contributed by atoms with E-state index in [1.54, 1.807) is 55.4 Å². The fraction of sp³-hybridized carbons (Fsp3) is 0.458. The van der Waals surface area contributed by atoms with Crippen molar-refractivity contribution in [1.29, 1.82) is 0 Å². The van der Waals surface area contributed by atoms with Gasteiger partial charge in [0.1, 0.15) is 22.1 Å². The molecule has 4 rings (SSSR count). The second-order valence-electron chi connectivity index (χ2n) is 9.81. The van der Waals surface area contributed by atoms with E-state index in [4.69, 9.17) is 4.74 Å². The molecule has 0 aromatic carbocycles. The van der Waals surface area contributed by atoms with Crippen molar-refractivity contribution in [2.45, 2.75) is 43.3 Å². The number of anilines is 1. The fourth-order valence-electron chi connectivity index (χ4n) is 4.06. The van der Waals surface area contributed by atoms with E-state index in [1.165, 1.54) is 19.4 Å². The number of pyridine rings is 2. The van der Waals surface area contributed by atoms with Gasteiger partial charge in [-0.2, -0.15) is 4.39 Å². The number of fused-ring (bicyclic) bond motifs is 1. The highest BCUT2D eigenvalue weighted by Gasteiger charge is 2.34. The summed E-state index contributed by atoms with van der Waals surface area (Å²) in [5.74, 6) is 0.0760. The second kappa shape index (κ2) is 9.10. The Balaban J connectivity index is 1.69. The second-order valence-corrected chi connectivity index (χ2v) is 12.5. The molecule has 1 aliphatic heterocycles. The molecule has 1 aliphatic rings. The Labute approximate surface area is 204 Å². The summed E-state index contributed by atoms with van der Waals surface area (Å²) in [6.45, 7) is 6.05. The van der Waals surface area contributed by atoms with E-state index in [1.807, 2.05) is 0 Å². The maximum atomic E-state index is 14.5. The minimum absolute atomic E-state index is 0.0269. The number of methoxy groups -OCH3 is 1. The molecule has 188 valence electrons. The third-order valence-electron chi connectivity index (χ3n) is 6.31. The van der Waals surface area contributed by atoms with Gasteiger partial charge in [-0.05, 0) is 39.2 Å². The Kier molecular flexibility index (Phi) is 6.48. The Bertz CT molecular complexity index is 1380. The topological polar surface area (TPSA) is 106 Å². The van der Waals surface area contributed by atoms with Crippen LogP contribution in [0.25, 0.3) is 16.9 Å². The van der Waals surface area contributed by atoms with Crippen LogP contribution in [0, 0.1) is 11.9 Å². The van der Waals surface area contributed by atoms with Crippen LogP contribution in [0.3, 0.4) is 0 Å². The maximum absolute atomic E-state index is 14.5. The molecule has 3 aromatic rings. The number of nitrogens with one attached hydrogen (secondary N) is 1. The first kappa shape index (κ1) is 24.9. The van der Waals surface area contributed by atoms with Crippen LogP contribution < -0.4 is 10.1 Å². The first-order valence-electron chi connectivity index (χ1n) is 11.4. The van der Waals surface area contributed by atoms with Crippen LogP contribution in [-0.2, 0) is 14.6 Å². The van der Waals surface area contributed by atoms with Crippen molar-refractivity contribution in [3.8, 4) is 17.0 Å². The van der Waals surface area contributed by atoms with Gasteiger partial charge in [0, 0.05) is 50.5 Å². The van der Waals surface area contributed by atoms with Gasteiger partial charge >= 0.3 is 0 Å². The van der Waals surface area contributed by atoms with E-state index >= 15 is 0 Å². The average Bonchev–Trinajstić information content (AvgIpc) is 3.21. The van der Waals surface area contributed by atoms with Crippen molar-refractivity contribution in [1.82, 2.24) is 19.3 Å². The Morgan fingerprint density at radius 3 is 2.66 bits per heavy atom. The number of halogens is 1. The molecule has 11 heteroatoms. The molecule has 1 N–H and O–H groups in total. The number of carbonyl (C=O) groups excluding carboxylic acids is 1. The number of hydrogen-bond donors (Lipinski definition) is 1. The van der Waals surface area contributed by atoms with Crippen molar-refractivity contribution in [3.63, 3.8) is 0 Å². The summed E-state index contributed by atoms with van der Waals surface area (Å²) in [5.41, 5.74) is 1.45. The van der Waals surface area contributed by atoms with Gasteiger partial charge in [0.15, 0.2) is 9.84 Å². The number of aromatic nitrogens is 3. The first-order valence-corrected chi connectivity index (χ1v) is 12.8. The number of amides is 1. The van der Waals surface area contributed by atoms with Gasteiger partial charge in [-0.3, -0.25) is 9.20 Å². The molecule has 4 heterocycles. The molecule has 1 atom stereocenters. The summed E-state index contributed by atoms with van der Waals surface area (Å²) in [4.78, 5) is 22.0. The van der Waals surface area contributed by atoms with Gasteiger partial charge in [-0.1, -0.05) is 0 Å². The number of nitrogens with zero attached hydrogens (tertiary/aromatic N) is 4. The summed E-state index contributed by atoms with van der Waals surface area (Å²) >= 11 is 0. The molecule has 1 amide bonds. The first-order chi connectivity index (χ1) is 16.4. The van der Waals surface area contributed by atoms with Crippen LogP contribution in [0.5, 0.6) is 5.75 Å². The van der Waals surface area contributed by atoms with E-state index in [-0.39, 0.29) is 22.5 Å². The molecule has 3 aromatic heterocycles. The molecule has 0 bridgehead atoms. The zero-order chi connectivity index (χ0) is 25.5. The highest BCUT2D eigenvalue weighted by molar-refractivity contribution is 7.92. The number of rotatable bonds is 6. The predicted octanol–water partition coefficient (Wildman–Crippen LogP) is 3.40. The predicted molar refractivity (Wildman–Crippen MR) is 131 cm³/mol. The smallest absolute Gasteiger partial charge is 0.222 e. The average molecular weight is 504 g/mol. The molecule has 0 radical (unpaired) electrons. The zero-order valence-electron chi connectivity index (χ0n) is 20.5. The maximum Gasteiger partial charge on any atom is 0.222 e. The molecule has 35 heavy (non-hydrogen) atoms. The number of sulfone groups is 1. The lowest BCUT2D eigenvalue weighted by Gasteiger charge is -2.28. The Hall–Kier alpha value is -3.21. The van der Waals surface area contributed by atoms with E-state index in [9.17, 15) is 17.6 Å². The van der Waals surface area contributed by atoms with Crippen LogP contribution >= 0.6 is 0 Å². The van der Waals surface area contributed by atoms with E-state index in [0.29, 0.717) is 42.2 Å². The van der Waals surface area contributed by atoms with Gasteiger partial charge in [0.25, 0.3) is 0 Å². The summed E-state index contributed by atoms with van der Waals surface area (Å²) in [5, 5.41) is 3.15. The van der Waals surface area contributed by atoms with Gasteiger partial charge in [0.2, 0.25) is 11.9 Å². The van der Waals surface area contributed by atoms with Crippen molar-refractivity contribution in [3.05, 3.63) is 36.5 Å². The van der Waals surface area contributed by atoms with Crippen molar-refractivity contribution in [2.75, 3.05) is 32.6 Å². The highest BCUT2D eigenvalue weighted by Crippen LogP contribution is 2.34. The Morgan fingerprint density at radius 2 is 2.00 bits per heavy atom. The number of piperidine rings is 1. The van der Waals surface area contributed by atoms with Crippen LogP contribution in [-0.4, -0.2) is 65.6 Å². The van der Waals surface area contributed by atoms with E-state index < -0.39 is 20.5 Å². The SMILES string of the molecule is COc1cc2ncc(-c3cc(F)nc(NCC4CCN(C)C(=O)C4)c3)n2cc1S(=O)(=O)C(C)(C)C. The molecular formula is C24H30FN5O4S. The van der Waals surface area contributed by atoms with Gasteiger partial charge < -0.3 is 15.0 Å². The van der Waals surface area contributed by atoms with Crippen molar-refractivity contribution in [2.24, 2.45) is 5.92 Å². The molecular weight excluding hydrogens is 473 g/mol. The zero-order valence-corrected chi connectivity index (χ0v) is 21.3. The largest absolute Gasteiger partial charge is 0.495 e.